The summed E-state index contributed by atoms with van der Waals surface area (Å²) >= 11 is 7.97. The first-order chi connectivity index (χ1) is 73.0. The number of hydrogen-bond donors (Lipinski definition) is 14. The van der Waals surface area contributed by atoms with Gasteiger partial charge in [-0.3, -0.25) is 0 Å². The molecule has 16 aromatic rings. The van der Waals surface area contributed by atoms with E-state index in [9.17, 15) is 18.3 Å². The molecule has 0 radical (unpaired) electrons. The number of aromatic nitrogens is 11. The van der Waals surface area contributed by atoms with Gasteiger partial charge < -0.3 is 93.4 Å². The normalized spacial score (nSPS) is 15.9. The minimum Gasteiger partial charge on any atom is -0.447 e. The Morgan fingerprint density at radius 2 is 0.953 bits per heavy atom. The van der Waals surface area contributed by atoms with Gasteiger partial charge in [-0.15, -0.1) is 11.3 Å². The van der Waals surface area contributed by atoms with Crippen LogP contribution in [0.2, 0.25) is 5.02 Å². The van der Waals surface area contributed by atoms with Crippen LogP contribution >= 0.6 is 22.9 Å². The highest BCUT2D eigenvalue weighted by Gasteiger charge is 2.34. The van der Waals surface area contributed by atoms with Gasteiger partial charge in [0.15, 0.2) is 0 Å². The van der Waals surface area contributed by atoms with Crippen LogP contribution in [0, 0.1) is 68.8 Å². The van der Waals surface area contributed by atoms with Gasteiger partial charge in [0.25, 0.3) is 0 Å². The smallest absolute Gasteiger partial charge is 0.229 e. The third kappa shape index (κ3) is 26.3. The maximum Gasteiger partial charge on any atom is 0.229 e. The largest absolute Gasteiger partial charge is 0.447 e. The second-order valence-corrected chi connectivity index (χ2v) is 41.1. The van der Waals surface area contributed by atoms with Crippen LogP contribution in [0.4, 0.5) is 100 Å². The zero-order valence-electron chi connectivity index (χ0n) is 86.1. The fraction of sp³-hybridized carbons (Fsp3) is 0.353. The standard InChI is InChI=1S/C25H27FN4O.C24H28FN5O.C23H24FN5S.C22H26ClN5O.C22H26N6O/c1-15-14-19(8-9-22(15)26)28-25-29-23-20(18-10-12-31-13-11-18)4-3-5-21(23)24(30-25)27-16(2)17-6-7-17;1-15-14-18(8-9-20(15)25)27-24-28-22-19(23(29-24)26-16(2)17-6-7-17)4-3-5-21(22)30-10-12-31-13-11-30;1-14-6-3-8-17(20(14)24)13-26-23-28-21-16(12-25)7-4-9-18(21)22(29-23)27-15(2)19-10-5-11-30-19;1-13-6-9-16(12-18(13)23)26-22-27-20-17(4-3-5-19(20)24-10-11-29)21(28-22)25-14(2)15-7-8-15;1-14(15-5-6-15)26-21-18-4-2-3-17(16-7-9-23-10-8-16)20(18)27-22(28-21)25-13-19-24-11-12-29-19/h3-5,8-10,14,16-17H,6-7,11-13H2,1-2H3,(H2,27,28,29,30);3-5,8-9,14,16-17H,6-7,10-13H2,1-2H3,(H2,26,27,28,29);3-11,15H,12-13,25H2,1-2H3,(H2,26,27,28,29);3-6,9,12,14-15,24,29H,7-8,10-11H2,1-2H3,(H2,25,26,27,28);2-4,7,11-12,14-15,23H,5-6,8-10,13H2,1H3,(H2,25,26,27,28)/t2*16-;15-;2*14-/m11111/s1. The van der Waals surface area contributed by atoms with Gasteiger partial charge in [-0.05, 0) is 298 Å². The Labute approximate surface area is 881 Å². The van der Waals surface area contributed by atoms with Crippen molar-refractivity contribution in [1.29, 1.82) is 0 Å². The molecular formula is C116H131ClF3N25O4S. The van der Waals surface area contributed by atoms with E-state index < -0.39 is 0 Å². The predicted octanol–water partition coefficient (Wildman–Crippen LogP) is 24.9. The molecule has 3 aliphatic heterocycles. The van der Waals surface area contributed by atoms with Crippen LogP contribution in [0.3, 0.4) is 0 Å². The first kappa shape index (κ1) is 104. The van der Waals surface area contributed by atoms with Crippen LogP contribution in [0.15, 0.2) is 210 Å². The summed E-state index contributed by atoms with van der Waals surface area (Å²) in [6.45, 7) is 26.2. The van der Waals surface area contributed by atoms with Crippen LogP contribution in [0.1, 0.15) is 160 Å². The molecule has 7 aromatic heterocycles. The quantitative estimate of drug-likeness (QED) is 0.0178. The van der Waals surface area contributed by atoms with Crippen molar-refractivity contribution in [3.8, 4) is 0 Å². The SMILES string of the molecule is C[C@@H](Nc1nc(NCc2ncco2)nc2c(C3=CCNCC3)cccc12)C1CC1.Cc1cc(Nc2nc(N[C@H](C)C3CC3)c3cccc(C4=CCOCC4)c3n2)ccc1F.Cc1cc(Nc2nc(N[C@H](C)C3CC3)c3cccc(N4CCOCC4)c3n2)ccc1F.Cc1ccc(Nc2nc(N[C@H](C)C3CC3)c3cccc(NCCO)c3n2)cc1Cl.Cc1cccc(CNc2nc(N[C@H](C)c3cccs3)c3cccc(CN)c3n2)c1F. The predicted molar refractivity (Wildman–Crippen MR) is 603 cm³/mol. The number of ether oxygens (including phenoxy) is 2. The lowest BCUT2D eigenvalue weighted by Gasteiger charge is -2.29. The number of thiophene rings is 1. The number of fused-ring (bicyclic) bond motifs is 5. The van der Waals surface area contributed by atoms with E-state index in [0.717, 1.165) is 180 Å². The minimum atomic E-state index is -0.223. The summed E-state index contributed by atoms with van der Waals surface area (Å²) in [6.07, 6.45) is 19.6. The van der Waals surface area contributed by atoms with Crippen molar-refractivity contribution in [3.05, 3.63) is 284 Å². The van der Waals surface area contributed by atoms with Gasteiger partial charge in [-0.25, -0.2) is 43.1 Å². The molecule has 29 nitrogen and oxygen atoms in total. The van der Waals surface area contributed by atoms with Crippen LogP contribution in [-0.2, 0) is 29.1 Å². The van der Waals surface area contributed by atoms with E-state index in [4.69, 9.17) is 76.1 Å². The third-order valence-corrected chi connectivity index (χ3v) is 29.8. The monoisotopic (exact) mass is 2060 g/mol. The Morgan fingerprint density at radius 1 is 0.467 bits per heavy atom. The fourth-order valence-corrected chi connectivity index (χ4v) is 19.9. The lowest BCUT2D eigenvalue weighted by molar-refractivity contribution is 0.123. The van der Waals surface area contributed by atoms with Gasteiger partial charge >= 0.3 is 0 Å². The molecule has 15 N–H and O–H groups in total. The molecule has 23 rings (SSSR count). The van der Waals surface area contributed by atoms with Crippen molar-refractivity contribution >= 4 is 176 Å². The molecule has 0 spiro atoms. The molecule has 9 aromatic carbocycles. The maximum absolute atomic E-state index is 14.4. The molecule has 0 amide bonds. The topological polar surface area (TPSA) is 367 Å². The van der Waals surface area contributed by atoms with E-state index in [2.05, 4.69) is 191 Å². The molecule has 0 bridgehead atoms. The molecule has 150 heavy (non-hydrogen) atoms. The number of nitrogens with zero attached hydrogens (tertiary/aromatic N) is 12. The molecular weight excluding hydrogens is 1930 g/mol. The highest BCUT2D eigenvalue weighted by Crippen LogP contribution is 2.44. The Bertz CT molecular complexity index is 7500. The highest BCUT2D eigenvalue weighted by atomic mass is 35.5. The van der Waals surface area contributed by atoms with Crippen LogP contribution < -0.4 is 74.4 Å². The number of para-hydroxylation sites is 5. The number of nitrogens with two attached hydrogens (primary N) is 1. The number of anilines is 15. The number of morpholine rings is 1. The first-order valence-electron chi connectivity index (χ1n) is 52.2. The molecule has 4 saturated carbocycles. The Hall–Kier alpha value is -14.5. The molecule has 5 atom stereocenters. The Morgan fingerprint density at radius 3 is 1.47 bits per heavy atom. The number of halogens is 4. The van der Waals surface area contributed by atoms with Gasteiger partial charge in [-0.2, -0.15) is 24.9 Å². The molecule has 5 fully saturated rings. The zero-order chi connectivity index (χ0) is 104. The average Bonchev–Trinajstić information content (AvgIpc) is 1.35. The number of hydrogen-bond acceptors (Lipinski definition) is 30. The number of benzene rings is 9. The lowest BCUT2D eigenvalue weighted by atomic mass is 9.97. The lowest BCUT2D eigenvalue weighted by Crippen LogP contribution is -2.36. The summed E-state index contributed by atoms with van der Waals surface area (Å²) in [5.41, 5.74) is 23.9. The Kier molecular flexibility index (Phi) is 33.6. The molecule has 4 aliphatic carbocycles. The van der Waals surface area contributed by atoms with E-state index >= 15 is 0 Å². The third-order valence-electron chi connectivity index (χ3n) is 28.4. The van der Waals surface area contributed by atoms with E-state index in [-0.39, 0.29) is 30.1 Å². The van der Waals surface area contributed by atoms with Gasteiger partial charge in [0.05, 0.1) is 79.7 Å². The summed E-state index contributed by atoms with van der Waals surface area (Å²) in [4.78, 5) is 55.7. The molecule has 34 heteroatoms. The van der Waals surface area contributed by atoms with Crippen LogP contribution in [0.25, 0.3) is 65.7 Å². The highest BCUT2D eigenvalue weighted by molar-refractivity contribution is 7.10. The number of rotatable bonds is 34. The van der Waals surface area contributed by atoms with E-state index in [0.29, 0.717) is 151 Å². The maximum atomic E-state index is 14.4. The van der Waals surface area contributed by atoms with Gasteiger partial charge in [-0.1, -0.05) is 103 Å². The van der Waals surface area contributed by atoms with Crippen LogP contribution in [0.5, 0.6) is 0 Å². The first-order valence-corrected chi connectivity index (χ1v) is 53.4. The number of aliphatic hydroxyl groups is 1. The zero-order valence-corrected chi connectivity index (χ0v) is 87.7. The summed E-state index contributed by atoms with van der Waals surface area (Å²) in [6, 6.07) is 57.5. The van der Waals surface area contributed by atoms with Crippen molar-refractivity contribution in [1.82, 2.24) is 60.1 Å². The minimum absolute atomic E-state index is 0.0538. The molecule has 7 aliphatic rings. The molecule has 778 valence electrons. The average molecular weight is 2060 g/mol. The number of nitrogens with one attached hydrogen (secondary N) is 12. The van der Waals surface area contributed by atoms with Gasteiger partial charge in [0, 0.05) is 134 Å². The summed E-state index contributed by atoms with van der Waals surface area (Å²) in [5.74, 6) is 9.41. The summed E-state index contributed by atoms with van der Waals surface area (Å²) in [5, 5.41) is 57.8. The van der Waals surface area contributed by atoms with E-state index in [1.54, 1.807) is 81.0 Å². The molecule has 0 unspecified atom stereocenters. The van der Waals surface area contributed by atoms with Gasteiger partial charge in [0.1, 0.15) is 63.8 Å². The van der Waals surface area contributed by atoms with Crippen molar-refractivity contribution in [2.45, 2.75) is 176 Å². The number of aliphatic hydroxyl groups excluding tert-OH is 1. The van der Waals surface area contributed by atoms with Crippen molar-refractivity contribution in [3.63, 3.8) is 0 Å². The summed E-state index contributed by atoms with van der Waals surface area (Å²) in [7, 11) is 0. The second kappa shape index (κ2) is 48.5. The second-order valence-electron chi connectivity index (χ2n) is 39.7. The van der Waals surface area contributed by atoms with Crippen molar-refractivity contribution in [2.24, 2.45) is 29.4 Å². The molecule has 10 heterocycles. The van der Waals surface area contributed by atoms with Crippen molar-refractivity contribution in [2.75, 3.05) is 129 Å². The van der Waals surface area contributed by atoms with E-state index in [1.165, 1.54) is 85.1 Å². The molecule has 1 saturated heterocycles. The summed E-state index contributed by atoms with van der Waals surface area (Å²) < 4.78 is 58.2. The van der Waals surface area contributed by atoms with Crippen LogP contribution in [-0.4, -0.2) is 150 Å². The van der Waals surface area contributed by atoms with Gasteiger partial charge in [0.2, 0.25) is 35.6 Å². The Balaban J connectivity index is 0.000000118. The fourth-order valence-electron chi connectivity index (χ4n) is 18.9. The number of aryl methyl sites for hydroxylation is 4. The van der Waals surface area contributed by atoms with E-state index in [1.807, 2.05) is 73.7 Å². The number of oxazole rings is 1. The van der Waals surface area contributed by atoms with Crippen molar-refractivity contribution < 1.29 is 32.2 Å².